The van der Waals surface area contributed by atoms with Crippen LogP contribution >= 0.6 is 0 Å². The molecule has 2 aromatic carbocycles. The highest BCUT2D eigenvalue weighted by molar-refractivity contribution is 5.44. The monoisotopic (exact) mass is 267 g/mol. The molecule has 1 heterocycles. The summed E-state index contributed by atoms with van der Waals surface area (Å²) in [4.78, 5) is 2.11. The molecule has 1 aliphatic heterocycles. The summed E-state index contributed by atoms with van der Waals surface area (Å²) < 4.78 is 11.7. The van der Waals surface area contributed by atoms with E-state index in [2.05, 4.69) is 17.0 Å². The van der Waals surface area contributed by atoms with E-state index in [1.165, 1.54) is 5.56 Å². The minimum Gasteiger partial charge on any atom is -0.457 e. The zero-order valence-electron chi connectivity index (χ0n) is 11.6. The Morgan fingerprint density at radius 2 is 1.50 bits per heavy atom. The van der Waals surface area contributed by atoms with Crippen molar-refractivity contribution in [3.63, 3.8) is 0 Å². The average Bonchev–Trinajstić information content (AvgIpc) is 2.48. The van der Waals surface area contributed by atoms with Crippen LogP contribution < -0.4 is 9.47 Å². The minimum atomic E-state index is 0.0320. The van der Waals surface area contributed by atoms with Crippen molar-refractivity contribution >= 4 is 0 Å². The summed E-state index contributed by atoms with van der Waals surface area (Å²) in [6, 6.07) is 18.0. The Morgan fingerprint density at radius 1 is 0.850 bits per heavy atom. The molecule has 0 aromatic heterocycles. The van der Waals surface area contributed by atoms with Gasteiger partial charge in [0.05, 0.1) is 6.04 Å². The second-order valence-electron chi connectivity index (χ2n) is 4.96. The molecule has 0 spiro atoms. The molecule has 1 atom stereocenters. The van der Waals surface area contributed by atoms with Crippen molar-refractivity contribution in [1.82, 2.24) is 4.90 Å². The number of likely N-dealkylation sites (N-methyl/N-ethyl adjacent to an activating group) is 1. The third kappa shape index (κ3) is 2.40. The smallest absolute Gasteiger partial charge is 0.169 e. The first-order chi connectivity index (χ1) is 9.75. The molecule has 0 N–H and O–H groups in total. The number of hydrogen-bond acceptors (Lipinski definition) is 3. The summed E-state index contributed by atoms with van der Waals surface area (Å²) in [7, 11) is 4.06. The van der Waals surface area contributed by atoms with Crippen LogP contribution in [0.25, 0.3) is 0 Å². The Morgan fingerprint density at radius 3 is 2.20 bits per heavy atom. The Bertz CT molecular complexity index is 620. The predicted molar refractivity (Wildman–Crippen MR) is 78.7 cm³/mol. The fourth-order valence-electron chi connectivity index (χ4n) is 2.38. The van der Waals surface area contributed by atoms with Gasteiger partial charge in [0.25, 0.3) is 0 Å². The van der Waals surface area contributed by atoms with Crippen molar-refractivity contribution < 1.29 is 9.47 Å². The molecule has 1 aliphatic rings. The third-order valence-corrected chi connectivity index (χ3v) is 3.28. The van der Waals surface area contributed by atoms with Gasteiger partial charge < -0.3 is 9.47 Å². The summed E-state index contributed by atoms with van der Waals surface area (Å²) in [5, 5.41) is 0. The van der Waals surface area contributed by atoms with Crippen LogP contribution in [0.4, 0.5) is 0 Å². The molecule has 0 aliphatic carbocycles. The number of fused-ring (bicyclic) bond motifs is 1. The van der Waals surface area contributed by atoms with Crippen molar-refractivity contribution in [2.45, 2.75) is 6.04 Å². The molecule has 3 rings (SSSR count). The molecule has 0 bridgehead atoms. The fourth-order valence-corrected chi connectivity index (χ4v) is 2.38. The van der Waals surface area contributed by atoms with E-state index in [0.29, 0.717) is 0 Å². The maximum atomic E-state index is 6.00. The number of para-hydroxylation sites is 2. The van der Waals surface area contributed by atoms with Crippen molar-refractivity contribution in [2.24, 2.45) is 0 Å². The highest BCUT2D eigenvalue weighted by Crippen LogP contribution is 2.37. The zero-order chi connectivity index (χ0) is 13.9. The first-order valence-corrected chi connectivity index (χ1v) is 6.60. The quantitative estimate of drug-likeness (QED) is 0.848. The Hall–Kier alpha value is -2.26. The van der Waals surface area contributed by atoms with Gasteiger partial charge in [-0.3, -0.25) is 4.90 Å². The van der Waals surface area contributed by atoms with E-state index in [1.807, 2.05) is 56.6 Å². The molecular weight excluding hydrogens is 250 g/mol. The SMILES string of the molecule is CN(C)C(C1=COc2ccccc2O1)c1ccccc1. The average molecular weight is 267 g/mol. The molecule has 0 radical (unpaired) electrons. The van der Waals surface area contributed by atoms with Crippen LogP contribution in [-0.4, -0.2) is 19.0 Å². The first kappa shape index (κ1) is 12.8. The number of rotatable bonds is 3. The molecule has 0 saturated carbocycles. The van der Waals surface area contributed by atoms with E-state index in [0.717, 1.165) is 17.3 Å². The Balaban J connectivity index is 1.93. The van der Waals surface area contributed by atoms with E-state index in [9.17, 15) is 0 Å². The first-order valence-electron chi connectivity index (χ1n) is 6.60. The van der Waals surface area contributed by atoms with E-state index < -0.39 is 0 Å². The van der Waals surface area contributed by atoms with Crippen LogP contribution in [0, 0.1) is 0 Å². The van der Waals surface area contributed by atoms with Gasteiger partial charge >= 0.3 is 0 Å². The second-order valence-corrected chi connectivity index (χ2v) is 4.96. The van der Waals surface area contributed by atoms with Crippen LogP contribution in [0.15, 0.2) is 66.6 Å². The standard InChI is InChI=1S/C17H17NO2/c1-18(2)17(13-8-4-3-5-9-13)16-12-19-14-10-6-7-11-15(14)20-16/h3-12,17H,1-2H3. The van der Waals surface area contributed by atoms with Crippen molar-refractivity contribution in [1.29, 1.82) is 0 Å². The number of ether oxygens (including phenoxy) is 2. The third-order valence-electron chi connectivity index (χ3n) is 3.28. The Labute approximate surface area is 119 Å². The molecule has 0 amide bonds. The summed E-state index contributed by atoms with van der Waals surface area (Å²) in [6.45, 7) is 0. The topological polar surface area (TPSA) is 21.7 Å². The van der Waals surface area contributed by atoms with Crippen LogP contribution in [0.1, 0.15) is 11.6 Å². The molecule has 3 nitrogen and oxygen atoms in total. The predicted octanol–water partition coefficient (Wildman–Crippen LogP) is 3.60. The van der Waals surface area contributed by atoms with Gasteiger partial charge in [0.1, 0.15) is 6.26 Å². The maximum Gasteiger partial charge on any atom is 0.169 e. The normalized spacial score (nSPS) is 14.8. The molecule has 102 valence electrons. The highest BCUT2D eigenvalue weighted by Gasteiger charge is 2.25. The number of hydrogen-bond donors (Lipinski definition) is 0. The van der Waals surface area contributed by atoms with Crippen LogP contribution in [0.5, 0.6) is 11.5 Å². The van der Waals surface area contributed by atoms with E-state index in [4.69, 9.17) is 9.47 Å². The lowest BCUT2D eigenvalue weighted by molar-refractivity contribution is 0.224. The lowest BCUT2D eigenvalue weighted by Crippen LogP contribution is -2.25. The highest BCUT2D eigenvalue weighted by atomic mass is 16.6. The molecular formula is C17H17NO2. The number of nitrogens with zero attached hydrogens (tertiary/aromatic N) is 1. The summed E-state index contributed by atoms with van der Waals surface area (Å²) in [5.74, 6) is 2.30. The Kier molecular flexibility index (Phi) is 3.44. The molecule has 20 heavy (non-hydrogen) atoms. The van der Waals surface area contributed by atoms with Crippen molar-refractivity contribution in [3.05, 3.63) is 72.2 Å². The van der Waals surface area contributed by atoms with Crippen LogP contribution in [0.3, 0.4) is 0 Å². The van der Waals surface area contributed by atoms with Gasteiger partial charge in [-0.1, -0.05) is 42.5 Å². The van der Waals surface area contributed by atoms with E-state index in [-0.39, 0.29) is 6.04 Å². The largest absolute Gasteiger partial charge is 0.457 e. The van der Waals surface area contributed by atoms with Gasteiger partial charge in [0.15, 0.2) is 17.3 Å². The van der Waals surface area contributed by atoms with Crippen LogP contribution in [-0.2, 0) is 0 Å². The molecule has 0 fully saturated rings. The second kappa shape index (κ2) is 5.39. The van der Waals surface area contributed by atoms with Gasteiger partial charge in [-0.15, -0.1) is 0 Å². The van der Waals surface area contributed by atoms with Gasteiger partial charge in [0.2, 0.25) is 0 Å². The van der Waals surface area contributed by atoms with Gasteiger partial charge in [-0.05, 0) is 31.8 Å². The van der Waals surface area contributed by atoms with Gasteiger partial charge in [-0.25, -0.2) is 0 Å². The van der Waals surface area contributed by atoms with Crippen LogP contribution in [0.2, 0.25) is 0 Å². The molecule has 0 saturated heterocycles. The number of benzene rings is 2. The summed E-state index contributed by atoms with van der Waals surface area (Å²) >= 11 is 0. The molecule has 3 heteroatoms. The summed E-state index contributed by atoms with van der Waals surface area (Å²) in [6.07, 6.45) is 1.69. The lowest BCUT2D eigenvalue weighted by atomic mass is 10.0. The summed E-state index contributed by atoms with van der Waals surface area (Å²) in [5.41, 5.74) is 1.17. The molecule has 2 aromatic rings. The van der Waals surface area contributed by atoms with Gasteiger partial charge in [-0.2, -0.15) is 0 Å². The fraction of sp³-hybridized carbons (Fsp3) is 0.176. The van der Waals surface area contributed by atoms with Gasteiger partial charge in [0, 0.05) is 0 Å². The minimum absolute atomic E-state index is 0.0320. The maximum absolute atomic E-state index is 6.00. The van der Waals surface area contributed by atoms with E-state index >= 15 is 0 Å². The zero-order valence-corrected chi connectivity index (χ0v) is 11.6. The lowest BCUT2D eigenvalue weighted by Gasteiger charge is -2.29. The van der Waals surface area contributed by atoms with E-state index in [1.54, 1.807) is 6.26 Å². The van der Waals surface area contributed by atoms with Crippen molar-refractivity contribution in [3.8, 4) is 11.5 Å². The molecule has 1 unspecified atom stereocenters. The van der Waals surface area contributed by atoms with Crippen molar-refractivity contribution in [2.75, 3.05) is 14.1 Å².